The molecule has 0 fully saturated rings. The van der Waals surface area contributed by atoms with Gasteiger partial charge in [0.25, 0.3) is 5.56 Å². The van der Waals surface area contributed by atoms with E-state index >= 15 is 0 Å². The van der Waals surface area contributed by atoms with Crippen LogP contribution in [0.3, 0.4) is 0 Å². The van der Waals surface area contributed by atoms with Gasteiger partial charge in [-0.25, -0.2) is 23.0 Å². The van der Waals surface area contributed by atoms with Crippen LogP contribution in [0.25, 0.3) is 11.0 Å². The number of carbonyl (C=O) groups excluding carboxylic acids is 2. The molecule has 0 bridgehead atoms. The number of pyridine rings is 1. The van der Waals surface area contributed by atoms with Gasteiger partial charge in [0, 0.05) is 51.1 Å². The molecule has 0 unspecified atom stereocenters. The Morgan fingerprint density at radius 3 is 2.44 bits per heavy atom. The first-order valence-corrected chi connectivity index (χ1v) is 17.4. The van der Waals surface area contributed by atoms with Crippen LogP contribution in [0.1, 0.15) is 38.3 Å². The Labute approximate surface area is 279 Å². The molecular formula is C34H40N6O7S. The summed E-state index contributed by atoms with van der Waals surface area (Å²) in [7, 11) is -2.16. The van der Waals surface area contributed by atoms with Gasteiger partial charge < -0.3 is 19.3 Å². The highest BCUT2D eigenvalue weighted by molar-refractivity contribution is 7.90. The van der Waals surface area contributed by atoms with Gasteiger partial charge in [0.1, 0.15) is 23.5 Å². The minimum absolute atomic E-state index is 0.120. The fourth-order valence-electron chi connectivity index (χ4n) is 5.48. The Balaban J connectivity index is 1.50. The van der Waals surface area contributed by atoms with Gasteiger partial charge in [-0.3, -0.25) is 14.3 Å². The zero-order chi connectivity index (χ0) is 34.8. The number of ether oxygens (including phenoxy) is 2. The Bertz CT molecular complexity index is 2010. The predicted octanol–water partition coefficient (Wildman–Crippen LogP) is 5.06. The Morgan fingerprint density at radius 2 is 1.75 bits per heavy atom. The lowest BCUT2D eigenvalue weighted by atomic mass is 10.1. The number of fused-ring (bicyclic) bond motifs is 2. The second kappa shape index (κ2) is 13.6. The molecule has 2 aromatic heterocycles. The highest BCUT2D eigenvalue weighted by atomic mass is 32.2. The van der Waals surface area contributed by atoms with Crippen molar-refractivity contribution in [1.82, 2.24) is 19.4 Å². The van der Waals surface area contributed by atoms with E-state index in [2.05, 4.69) is 9.97 Å². The quantitative estimate of drug-likeness (QED) is 0.233. The molecule has 0 spiro atoms. The fourth-order valence-corrected chi connectivity index (χ4v) is 5.98. The van der Waals surface area contributed by atoms with Crippen LogP contribution in [0, 0.1) is 6.92 Å². The van der Waals surface area contributed by atoms with Crippen LogP contribution >= 0.6 is 0 Å². The van der Waals surface area contributed by atoms with E-state index in [4.69, 9.17) is 9.47 Å². The van der Waals surface area contributed by atoms with E-state index in [0.717, 1.165) is 17.4 Å². The number of para-hydroxylation sites is 1. The number of amides is 2. The molecule has 13 nitrogen and oxygen atoms in total. The van der Waals surface area contributed by atoms with E-state index in [0.29, 0.717) is 28.9 Å². The molecule has 5 rings (SSSR count). The summed E-state index contributed by atoms with van der Waals surface area (Å²) in [6.07, 6.45) is 1.75. The fraction of sp³-hybridized carbons (Fsp3) is 0.382. The molecule has 0 aliphatic carbocycles. The Kier molecular flexibility index (Phi) is 9.76. The summed E-state index contributed by atoms with van der Waals surface area (Å²) in [5.41, 5.74) is 2.34. The molecular weight excluding hydrogens is 636 g/mol. The van der Waals surface area contributed by atoms with Gasteiger partial charge in [-0.2, -0.15) is 4.98 Å². The molecule has 0 saturated heterocycles. The summed E-state index contributed by atoms with van der Waals surface area (Å²) < 4.78 is 37.2. The van der Waals surface area contributed by atoms with Gasteiger partial charge in [0.05, 0.1) is 11.4 Å². The highest BCUT2D eigenvalue weighted by Gasteiger charge is 2.32. The molecule has 1 aliphatic rings. The summed E-state index contributed by atoms with van der Waals surface area (Å²) in [4.78, 5) is 53.4. The second-order valence-electron chi connectivity index (χ2n) is 12.7. The smallest absolute Gasteiger partial charge is 0.414 e. The maximum absolute atomic E-state index is 14.3. The first-order chi connectivity index (χ1) is 22.6. The third-order valence-electron chi connectivity index (χ3n) is 7.74. The van der Waals surface area contributed by atoms with Crippen LogP contribution in [0.2, 0.25) is 0 Å². The van der Waals surface area contributed by atoms with Crippen molar-refractivity contribution in [1.29, 1.82) is 0 Å². The maximum Gasteiger partial charge on any atom is 0.414 e. The zero-order valence-electron chi connectivity index (χ0n) is 28.0. The maximum atomic E-state index is 14.3. The molecule has 0 radical (unpaired) electrons. The molecule has 1 aliphatic heterocycles. The van der Waals surface area contributed by atoms with Crippen LogP contribution in [0.5, 0.6) is 0 Å². The van der Waals surface area contributed by atoms with E-state index < -0.39 is 38.3 Å². The molecule has 48 heavy (non-hydrogen) atoms. The monoisotopic (exact) mass is 676 g/mol. The number of rotatable bonds is 8. The summed E-state index contributed by atoms with van der Waals surface area (Å²) in [6, 6.07) is 16.6. The lowest BCUT2D eigenvalue weighted by Crippen LogP contribution is -2.44. The summed E-state index contributed by atoms with van der Waals surface area (Å²) in [5, 5.41) is 0.0572. The second-order valence-corrected chi connectivity index (χ2v) is 14.6. The van der Waals surface area contributed by atoms with Gasteiger partial charge >= 0.3 is 12.2 Å². The van der Waals surface area contributed by atoms with Crippen molar-refractivity contribution in [2.75, 3.05) is 42.7 Å². The number of aromatic nitrogens is 3. The summed E-state index contributed by atoms with van der Waals surface area (Å²) >= 11 is 0. The molecule has 3 heterocycles. The molecule has 2 amide bonds. The molecule has 4 aromatic rings. The zero-order valence-corrected chi connectivity index (χ0v) is 28.8. The van der Waals surface area contributed by atoms with Crippen molar-refractivity contribution in [2.45, 2.75) is 58.0 Å². The number of aryl methyl sites for hydroxylation is 2. The minimum Gasteiger partial charge on any atom is -0.444 e. The number of benzene rings is 2. The predicted molar refractivity (Wildman–Crippen MR) is 183 cm³/mol. The van der Waals surface area contributed by atoms with E-state index in [1.54, 1.807) is 38.8 Å². The lowest BCUT2D eigenvalue weighted by molar-refractivity contribution is 0.0295. The molecule has 254 valence electrons. The summed E-state index contributed by atoms with van der Waals surface area (Å²) in [6.45, 7) is 8.27. The van der Waals surface area contributed by atoms with Gasteiger partial charge in [-0.05, 0) is 57.4 Å². The van der Waals surface area contributed by atoms with E-state index in [9.17, 15) is 22.8 Å². The molecule has 0 saturated carbocycles. The van der Waals surface area contributed by atoms with Gasteiger partial charge in [-0.1, -0.05) is 42.5 Å². The van der Waals surface area contributed by atoms with Gasteiger partial charge in [0.2, 0.25) is 15.0 Å². The molecule has 0 atom stereocenters. The van der Waals surface area contributed by atoms with Crippen molar-refractivity contribution in [3.05, 3.63) is 82.3 Å². The van der Waals surface area contributed by atoms with Crippen molar-refractivity contribution < 1.29 is 27.5 Å². The van der Waals surface area contributed by atoms with Crippen molar-refractivity contribution >= 4 is 50.1 Å². The van der Waals surface area contributed by atoms with Crippen molar-refractivity contribution in [2.24, 2.45) is 0 Å². The van der Waals surface area contributed by atoms with Crippen LogP contribution in [0.4, 0.5) is 26.7 Å². The van der Waals surface area contributed by atoms with Crippen LogP contribution < -0.4 is 15.4 Å². The highest BCUT2D eigenvalue weighted by Crippen LogP contribution is 2.40. The van der Waals surface area contributed by atoms with Crippen molar-refractivity contribution in [3.63, 3.8) is 0 Å². The molecule has 0 N–H and O–H groups in total. The first kappa shape index (κ1) is 34.4. The Hall–Kier alpha value is -4.98. The number of hydrogen-bond donors (Lipinski definition) is 0. The standard InChI is InChI=1S/C34H40N6O7S/c1-23-12-10-15-26-28(23)39(33(43)46-22-24-13-8-7-9-14-24)19-18-38(26)27-20-25-21-35-31(48(6,44)45)36-29(25)40(30(27)41)17-11-16-37(5)32(42)47-34(2,3)4/h7-10,12-15,20-21H,11,16-19,22H2,1-6H3. The SMILES string of the molecule is Cc1cccc2c1N(C(=O)OCc1ccccc1)CCN2c1cc2cnc(S(C)(=O)=O)nc2n(CCCN(C)C(=O)OC(C)(C)C)c1=O. The third kappa shape index (κ3) is 7.59. The average molecular weight is 677 g/mol. The van der Waals surface area contributed by atoms with Crippen LogP contribution in [-0.4, -0.2) is 78.6 Å². The van der Waals surface area contributed by atoms with Crippen LogP contribution in [-0.2, 0) is 32.5 Å². The van der Waals surface area contributed by atoms with E-state index in [1.807, 2.05) is 60.4 Å². The number of carbonyl (C=O) groups is 2. The number of sulfone groups is 1. The average Bonchev–Trinajstić information content (AvgIpc) is 3.03. The Morgan fingerprint density at radius 1 is 1.02 bits per heavy atom. The topological polar surface area (TPSA) is 144 Å². The summed E-state index contributed by atoms with van der Waals surface area (Å²) in [5.74, 6) is 0. The van der Waals surface area contributed by atoms with E-state index in [1.165, 1.54) is 15.7 Å². The molecule has 14 heteroatoms. The number of hydrogen-bond acceptors (Lipinski definition) is 10. The first-order valence-electron chi connectivity index (χ1n) is 15.5. The minimum atomic E-state index is -3.77. The van der Waals surface area contributed by atoms with Crippen molar-refractivity contribution in [3.8, 4) is 0 Å². The van der Waals surface area contributed by atoms with Crippen LogP contribution in [0.15, 0.2) is 70.7 Å². The normalized spacial score (nSPS) is 13.3. The molecule has 2 aromatic carbocycles. The number of anilines is 3. The largest absolute Gasteiger partial charge is 0.444 e. The lowest BCUT2D eigenvalue weighted by Gasteiger charge is -2.38. The number of nitrogens with zero attached hydrogens (tertiary/aromatic N) is 6. The third-order valence-corrected chi connectivity index (χ3v) is 8.60. The van der Waals surface area contributed by atoms with Gasteiger partial charge in [0.15, 0.2) is 0 Å². The van der Waals surface area contributed by atoms with Gasteiger partial charge in [-0.15, -0.1) is 0 Å². The van der Waals surface area contributed by atoms with E-state index in [-0.39, 0.29) is 38.4 Å².